The topological polar surface area (TPSA) is 69.6 Å². The van der Waals surface area contributed by atoms with Gasteiger partial charge in [0.25, 0.3) is 0 Å². The summed E-state index contributed by atoms with van der Waals surface area (Å²) in [6.45, 7) is 3.92. The maximum absolute atomic E-state index is 12.2. The lowest BCUT2D eigenvalue weighted by Crippen LogP contribution is -2.41. The van der Waals surface area contributed by atoms with Crippen molar-refractivity contribution in [1.82, 2.24) is 14.9 Å². The summed E-state index contributed by atoms with van der Waals surface area (Å²) in [5.41, 5.74) is 0.523. The molecule has 0 aliphatic carbocycles. The van der Waals surface area contributed by atoms with E-state index in [9.17, 15) is 9.90 Å². The van der Waals surface area contributed by atoms with Gasteiger partial charge in [-0.15, -0.1) is 11.3 Å². The summed E-state index contributed by atoms with van der Waals surface area (Å²) in [4.78, 5) is 25.3. The van der Waals surface area contributed by atoms with Gasteiger partial charge in [0.1, 0.15) is 0 Å². The number of carboxylic acids is 1. The zero-order valence-corrected chi connectivity index (χ0v) is 14.9. The molecular weight excluding hydrogens is 336 g/mol. The van der Waals surface area contributed by atoms with Gasteiger partial charge >= 0.3 is 5.97 Å². The minimum atomic E-state index is -0.657. The van der Waals surface area contributed by atoms with Gasteiger partial charge in [0, 0.05) is 56.1 Å². The zero-order valence-electron chi connectivity index (χ0n) is 14.0. The van der Waals surface area contributed by atoms with E-state index in [0.717, 1.165) is 44.2 Å². The third kappa shape index (κ3) is 3.14. The Kier molecular flexibility index (Phi) is 4.43. The zero-order chi connectivity index (χ0) is 17.3. The lowest BCUT2D eigenvalue weighted by molar-refractivity contribution is -0.150. The van der Waals surface area contributed by atoms with E-state index < -0.39 is 11.4 Å². The molecule has 0 radical (unpaired) electrons. The summed E-state index contributed by atoms with van der Waals surface area (Å²) >= 11 is 1.58. The van der Waals surface area contributed by atoms with E-state index in [1.54, 1.807) is 23.7 Å². The van der Waals surface area contributed by atoms with Gasteiger partial charge in [0.05, 0.1) is 5.41 Å². The number of hydrogen-bond donors (Lipinski definition) is 1. The summed E-state index contributed by atoms with van der Waals surface area (Å²) in [6, 6.07) is 4.04. The van der Waals surface area contributed by atoms with Crippen LogP contribution in [0.4, 0.5) is 5.13 Å². The van der Waals surface area contributed by atoms with Crippen LogP contribution in [0.1, 0.15) is 18.4 Å². The maximum atomic E-state index is 12.2. The highest BCUT2D eigenvalue weighted by molar-refractivity contribution is 7.13. The molecule has 4 heterocycles. The van der Waals surface area contributed by atoms with Crippen LogP contribution in [0.5, 0.6) is 0 Å². The van der Waals surface area contributed by atoms with Crippen molar-refractivity contribution in [3.8, 4) is 0 Å². The molecule has 2 aromatic rings. The van der Waals surface area contributed by atoms with Gasteiger partial charge in [0.15, 0.2) is 5.13 Å². The molecule has 25 heavy (non-hydrogen) atoms. The van der Waals surface area contributed by atoms with Crippen LogP contribution in [0.2, 0.25) is 0 Å². The first-order valence-electron chi connectivity index (χ1n) is 8.66. The first-order chi connectivity index (χ1) is 12.2. The van der Waals surface area contributed by atoms with E-state index in [4.69, 9.17) is 0 Å². The quantitative estimate of drug-likeness (QED) is 0.905. The Morgan fingerprint density at radius 3 is 3.04 bits per heavy atom. The molecule has 6 nitrogen and oxygen atoms in total. The highest BCUT2D eigenvalue weighted by atomic mass is 32.1. The average Bonchev–Trinajstić information content (AvgIpc) is 3.22. The Balaban J connectivity index is 1.55. The predicted octanol–water partition coefficient (Wildman–Crippen LogP) is 2.34. The number of thiazole rings is 1. The summed E-state index contributed by atoms with van der Waals surface area (Å²) in [6.07, 6.45) is 7.11. The molecule has 1 N–H and O–H groups in total. The number of aliphatic carboxylic acids is 1. The number of carbonyl (C=O) groups is 1. The third-order valence-electron chi connectivity index (χ3n) is 5.52. The first kappa shape index (κ1) is 16.5. The molecule has 132 valence electrons. The Hall–Kier alpha value is -1.99. The van der Waals surface area contributed by atoms with Crippen molar-refractivity contribution in [2.45, 2.75) is 19.4 Å². The van der Waals surface area contributed by atoms with E-state index >= 15 is 0 Å². The summed E-state index contributed by atoms with van der Waals surface area (Å²) < 4.78 is 0. The van der Waals surface area contributed by atoms with Gasteiger partial charge in [0.2, 0.25) is 0 Å². The van der Waals surface area contributed by atoms with E-state index in [1.165, 1.54) is 5.56 Å². The number of nitrogens with zero attached hydrogens (tertiary/aromatic N) is 4. The van der Waals surface area contributed by atoms with Crippen LogP contribution in [0, 0.1) is 11.3 Å². The second-order valence-corrected chi connectivity index (χ2v) is 7.93. The Bertz CT molecular complexity index is 724. The normalized spacial score (nSPS) is 27.0. The average molecular weight is 358 g/mol. The van der Waals surface area contributed by atoms with Crippen molar-refractivity contribution in [2.24, 2.45) is 11.3 Å². The highest BCUT2D eigenvalue weighted by Crippen LogP contribution is 2.44. The van der Waals surface area contributed by atoms with Gasteiger partial charge in [-0.25, -0.2) is 4.98 Å². The summed E-state index contributed by atoms with van der Waals surface area (Å²) in [5.74, 6) is -0.534. The molecule has 2 atom stereocenters. The first-order valence-corrected chi connectivity index (χ1v) is 9.54. The van der Waals surface area contributed by atoms with E-state index in [0.29, 0.717) is 6.54 Å². The van der Waals surface area contributed by atoms with Gasteiger partial charge < -0.3 is 10.0 Å². The highest BCUT2D eigenvalue weighted by Gasteiger charge is 2.53. The Morgan fingerprint density at radius 1 is 1.40 bits per heavy atom. The fourth-order valence-corrected chi connectivity index (χ4v) is 4.93. The maximum Gasteiger partial charge on any atom is 0.311 e. The van der Waals surface area contributed by atoms with Crippen LogP contribution in [-0.4, -0.2) is 52.1 Å². The molecule has 2 aromatic heterocycles. The summed E-state index contributed by atoms with van der Waals surface area (Å²) in [7, 11) is 0. The Morgan fingerprint density at radius 2 is 2.32 bits per heavy atom. The Labute approximate surface area is 151 Å². The molecule has 7 heteroatoms. The summed E-state index contributed by atoms with van der Waals surface area (Å²) in [5, 5.41) is 12.9. The van der Waals surface area contributed by atoms with Gasteiger partial charge in [-0.05, 0) is 31.0 Å². The molecule has 0 spiro atoms. The molecule has 2 aliphatic rings. The van der Waals surface area contributed by atoms with Crippen molar-refractivity contribution < 1.29 is 9.90 Å². The van der Waals surface area contributed by atoms with Crippen molar-refractivity contribution >= 4 is 22.4 Å². The fourth-order valence-electron chi connectivity index (χ4n) is 4.27. The lowest BCUT2D eigenvalue weighted by Gasteiger charge is -2.29. The second kappa shape index (κ2) is 6.72. The number of anilines is 1. The molecule has 0 amide bonds. The number of rotatable bonds is 4. The van der Waals surface area contributed by atoms with E-state index in [-0.39, 0.29) is 5.92 Å². The number of pyridine rings is 1. The largest absolute Gasteiger partial charge is 0.481 e. The van der Waals surface area contributed by atoms with Gasteiger partial charge in [-0.3, -0.25) is 14.7 Å². The molecular formula is C18H22N4O2S. The van der Waals surface area contributed by atoms with Gasteiger partial charge in [-0.1, -0.05) is 6.07 Å². The SMILES string of the molecule is O=C(O)[C@]12CCCN(Cc3cccnc3)C[C@H]1CN(c1nccs1)C2. The monoisotopic (exact) mass is 358 g/mol. The molecule has 0 saturated carbocycles. The molecule has 2 fully saturated rings. The standard InChI is InChI=1S/C18H22N4O2S/c23-16(24)18-4-2-7-21(10-14-3-1-5-19-9-14)11-15(18)12-22(13-18)17-20-6-8-25-17/h1,3,5-6,8-9,15H,2,4,7,10-13H2,(H,23,24)/t15-,18-/m0/s1. The molecule has 0 unspecified atom stereocenters. The lowest BCUT2D eigenvalue weighted by atomic mass is 9.75. The number of aromatic nitrogens is 2. The number of hydrogen-bond acceptors (Lipinski definition) is 6. The molecule has 0 aromatic carbocycles. The van der Waals surface area contributed by atoms with Gasteiger partial charge in [-0.2, -0.15) is 0 Å². The minimum absolute atomic E-state index is 0.119. The number of fused-ring (bicyclic) bond motifs is 1. The molecule has 4 rings (SSSR count). The third-order valence-corrected chi connectivity index (χ3v) is 6.35. The fraction of sp³-hybridized carbons (Fsp3) is 0.500. The van der Waals surface area contributed by atoms with Crippen LogP contribution in [0.3, 0.4) is 0 Å². The molecule has 2 aliphatic heterocycles. The predicted molar refractivity (Wildman–Crippen MR) is 96.6 cm³/mol. The van der Waals surface area contributed by atoms with Crippen LogP contribution >= 0.6 is 11.3 Å². The second-order valence-electron chi connectivity index (χ2n) is 7.05. The van der Waals surface area contributed by atoms with Crippen LogP contribution in [0.25, 0.3) is 0 Å². The van der Waals surface area contributed by atoms with Crippen molar-refractivity contribution in [3.63, 3.8) is 0 Å². The van der Waals surface area contributed by atoms with Crippen molar-refractivity contribution in [1.29, 1.82) is 0 Å². The smallest absolute Gasteiger partial charge is 0.311 e. The van der Waals surface area contributed by atoms with E-state index in [1.807, 2.05) is 17.6 Å². The molecule has 2 saturated heterocycles. The molecule has 0 bridgehead atoms. The van der Waals surface area contributed by atoms with Crippen LogP contribution in [-0.2, 0) is 11.3 Å². The van der Waals surface area contributed by atoms with Crippen molar-refractivity contribution in [2.75, 3.05) is 31.1 Å². The van der Waals surface area contributed by atoms with E-state index in [2.05, 4.69) is 25.8 Å². The van der Waals surface area contributed by atoms with Crippen LogP contribution in [0.15, 0.2) is 36.1 Å². The number of likely N-dealkylation sites (tertiary alicyclic amines) is 1. The minimum Gasteiger partial charge on any atom is -0.481 e. The van der Waals surface area contributed by atoms with Crippen LogP contribution < -0.4 is 4.90 Å². The van der Waals surface area contributed by atoms with Crippen molar-refractivity contribution in [3.05, 3.63) is 41.7 Å². The number of carboxylic acid groups (broad SMARTS) is 1.